The summed E-state index contributed by atoms with van der Waals surface area (Å²) in [5.74, 6) is 0. The molecule has 0 saturated heterocycles. The summed E-state index contributed by atoms with van der Waals surface area (Å²) in [4.78, 5) is 0. The SMILES string of the molecule is N#Cc1cc(Br)c2sccc2c1. The quantitative estimate of drug-likeness (QED) is 0.688. The highest BCUT2D eigenvalue weighted by Gasteiger charge is 2.01. The molecular formula is C9H4BrNS. The monoisotopic (exact) mass is 237 g/mol. The molecule has 0 amide bonds. The molecule has 0 fully saturated rings. The first kappa shape index (κ1) is 7.78. The predicted octanol–water partition coefficient (Wildman–Crippen LogP) is 3.54. The third kappa shape index (κ3) is 1.13. The molecule has 0 bridgehead atoms. The van der Waals surface area contributed by atoms with E-state index in [-0.39, 0.29) is 0 Å². The molecule has 0 aliphatic carbocycles. The van der Waals surface area contributed by atoms with Gasteiger partial charge in [0.25, 0.3) is 0 Å². The number of fused-ring (bicyclic) bond motifs is 1. The number of hydrogen-bond donors (Lipinski definition) is 0. The Hall–Kier alpha value is -0.850. The van der Waals surface area contributed by atoms with Crippen molar-refractivity contribution in [3.05, 3.63) is 33.6 Å². The van der Waals surface area contributed by atoms with Crippen molar-refractivity contribution in [3.8, 4) is 6.07 Å². The van der Waals surface area contributed by atoms with Gasteiger partial charge in [-0.1, -0.05) is 0 Å². The van der Waals surface area contributed by atoms with Crippen molar-refractivity contribution in [1.82, 2.24) is 0 Å². The number of halogens is 1. The zero-order valence-electron chi connectivity index (χ0n) is 6.04. The summed E-state index contributed by atoms with van der Waals surface area (Å²) in [5.41, 5.74) is 0.702. The minimum Gasteiger partial charge on any atom is -0.192 e. The average Bonchev–Trinajstić information content (AvgIpc) is 2.52. The van der Waals surface area contributed by atoms with Crippen LogP contribution in [0.3, 0.4) is 0 Å². The first-order valence-electron chi connectivity index (χ1n) is 3.38. The first-order chi connectivity index (χ1) is 5.81. The van der Waals surface area contributed by atoms with Crippen molar-refractivity contribution < 1.29 is 0 Å². The molecule has 1 aromatic heterocycles. The normalized spacial score (nSPS) is 10.0. The highest BCUT2D eigenvalue weighted by molar-refractivity contribution is 9.10. The summed E-state index contributed by atoms with van der Waals surface area (Å²) in [6, 6.07) is 7.89. The van der Waals surface area contributed by atoms with E-state index < -0.39 is 0 Å². The predicted molar refractivity (Wildman–Crippen MR) is 54.2 cm³/mol. The average molecular weight is 238 g/mol. The largest absolute Gasteiger partial charge is 0.192 e. The van der Waals surface area contributed by atoms with Gasteiger partial charge in [0.2, 0.25) is 0 Å². The van der Waals surface area contributed by atoms with E-state index in [2.05, 4.69) is 22.0 Å². The second-order valence-corrected chi connectivity index (χ2v) is 4.18. The van der Waals surface area contributed by atoms with Gasteiger partial charge in [0.05, 0.1) is 11.6 Å². The Morgan fingerprint density at radius 3 is 3.00 bits per heavy atom. The number of nitriles is 1. The fourth-order valence-electron chi connectivity index (χ4n) is 1.10. The molecule has 58 valence electrons. The van der Waals surface area contributed by atoms with E-state index in [0.717, 1.165) is 9.86 Å². The lowest BCUT2D eigenvalue weighted by molar-refractivity contribution is 1.49. The molecule has 1 heterocycles. The van der Waals surface area contributed by atoms with Gasteiger partial charge in [0, 0.05) is 9.17 Å². The van der Waals surface area contributed by atoms with Crippen LogP contribution in [0.15, 0.2) is 28.1 Å². The number of benzene rings is 1. The van der Waals surface area contributed by atoms with Crippen molar-refractivity contribution in [2.75, 3.05) is 0 Å². The molecule has 2 aromatic rings. The molecule has 1 aromatic carbocycles. The summed E-state index contributed by atoms with van der Waals surface area (Å²) in [7, 11) is 0. The van der Waals surface area contributed by atoms with Crippen molar-refractivity contribution in [2.24, 2.45) is 0 Å². The van der Waals surface area contributed by atoms with Crippen LogP contribution in [0.4, 0.5) is 0 Å². The molecule has 0 saturated carbocycles. The second kappa shape index (κ2) is 2.89. The molecular weight excluding hydrogens is 234 g/mol. The standard InChI is InChI=1S/C9H4BrNS/c10-8-4-6(5-11)3-7-1-2-12-9(7)8/h1-4H. The van der Waals surface area contributed by atoms with E-state index >= 15 is 0 Å². The maximum Gasteiger partial charge on any atom is 0.0992 e. The van der Waals surface area contributed by atoms with E-state index in [1.165, 1.54) is 4.70 Å². The van der Waals surface area contributed by atoms with Gasteiger partial charge in [-0.15, -0.1) is 11.3 Å². The topological polar surface area (TPSA) is 23.8 Å². The van der Waals surface area contributed by atoms with E-state index in [1.807, 2.05) is 23.6 Å². The van der Waals surface area contributed by atoms with Gasteiger partial charge in [-0.3, -0.25) is 0 Å². The summed E-state index contributed by atoms with van der Waals surface area (Å²) >= 11 is 5.10. The maximum absolute atomic E-state index is 8.69. The maximum atomic E-state index is 8.69. The Morgan fingerprint density at radius 2 is 2.25 bits per heavy atom. The van der Waals surface area contributed by atoms with Crippen LogP contribution < -0.4 is 0 Å². The van der Waals surface area contributed by atoms with Gasteiger partial charge in [0.1, 0.15) is 0 Å². The Kier molecular flexibility index (Phi) is 1.87. The van der Waals surface area contributed by atoms with Gasteiger partial charge in [0.15, 0.2) is 0 Å². The van der Waals surface area contributed by atoms with Crippen LogP contribution in [0.1, 0.15) is 5.56 Å². The molecule has 3 heteroatoms. The van der Waals surface area contributed by atoms with Gasteiger partial charge < -0.3 is 0 Å². The molecule has 0 aliphatic rings. The molecule has 0 aliphatic heterocycles. The fraction of sp³-hybridized carbons (Fsp3) is 0. The van der Waals surface area contributed by atoms with E-state index in [4.69, 9.17) is 5.26 Å². The molecule has 0 radical (unpaired) electrons. The van der Waals surface area contributed by atoms with Gasteiger partial charge in [-0.25, -0.2) is 0 Å². The Balaban J connectivity index is 2.86. The number of nitrogens with zero attached hydrogens (tertiary/aromatic N) is 1. The van der Waals surface area contributed by atoms with Crippen molar-refractivity contribution in [1.29, 1.82) is 5.26 Å². The summed E-state index contributed by atoms with van der Waals surface area (Å²) in [5, 5.41) is 11.8. The smallest absolute Gasteiger partial charge is 0.0992 e. The van der Waals surface area contributed by atoms with E-state index in [1.54, 1.807) is 11.3 Å². The molecule has 1 nitrogen and oxygen atoms in total. The lowest BCUT2D eigenvalue weighted by Gasteiger charge is -1.93. The van der Waals surface area contributed by atoms with Crippen LogP contribution >= 0.6 is 27.3 Å². The number of thiophene rings is 1. The zero-order chi connectivity index (χ0) is 8.55. The van der Waals surface area contributed by atoms with Crippen LogP contribution in [-0.4, -0.2) is 0 Å². The van der Waals surface area contributed by atoms with Gasteiger partial charge in [-0.05, 0) is 44.9 Å². The van der Waals surface area contributed by atoms with Crippen LogP contribution in [0.25, 0.3) is 10.1 Å². The molecule has 0 atom stereocenters. The molecule has 0 spiro atoms. The summed E-state index contributed by atoms with van der Waals surface area (Å²) in [6.07, 6.45) is 0. The Labute approximate surface area is 82.4 Å². The third-order valence-electron chi connectivity index (χ3n) is 1.63. The fourth-order valence-corrected chi connectivity index (χ4v) is 2.64. The Morgan fingerprint density at radius 1 is 1.42 bits per heavy atom. The van der Waals surface area contributed by atoms with E-state index in [0.29, 0.717) is 5.56 Å². The van der Waals surface area contributed by atoms with Crippen LogP contribution in [0, 0.1) is 11.3 Å². The molecule has 2 rings (SSSR count). The lowest BCUT2D eigenvalue weighted by atomic mass is 10.2. The van der Waals surface area contributed by atoms with Crippen LogP contribution in [-0.2, 0) is 0 Å². The highest BCUT2D eigenvalue weighted by atomic mass is 79.9. The Bertz CT molecular complexity index is 467. The molecule has 0 unspecified atom stereocenters. The van der Waals surface area contributed by atoms with Crippen molar-refractivity contribution in [3.63, 3.8) is 0 Å². The second-order valence-electron chi connectivity index (χ2n) is 2.41. The summed E-state index contributed by atoms with van der Waals surface area (Å²) < 4.78 is 2.21. The lowest BCUT2D eigenvalue weighted by Crippen LogP contribution is -1.73. The first-order valence-corrected chi connectivity index (χ1v) is 5.05. The van der Waals surface area contributed by atoms with E-state index in [9.17, 15) is 0 Å². The third-order valence-corrected chi connectivity index (χ3v) is 3.49. The minimum absolute atomic E-state index is 0.702. The number of rotatable bonds is 0. The minimum atomic E-state index is 0.702. The number of hydrogen-bond acceptors (Lipinski definition) is 2. The van der Waals surface area contributed by atoms with Crippen LogP contribution in [0.5, 0.6) is 0 Å². The zero-order valence-corrected chi connectivity index (χ0v) is 8.45. The van der Waals surface area contributed by atoms with Gasteiger partial charge >= 0.3 is 0 Å². The molecule has 12 heavy (non-hydrogen) atoms. The van der Waals surface area contributed by atoms with Gasteiger partial charge in [-0.2, -0.15) is 5.26 Å². The van der Waals surface area contributed by atoms with Crippen LogP contribution in [0.2, 0.25) is 0 Å². The highest BCUT2D eigenvalue weighted by Crippen LogP contribution is 2.29. The molecule has 0 N–H and O–H groups in total. The summed E-state index contributed by atoms with van der Waals surface area (Å²) in [6.45, 7) is 0. The van der Waals surface area contributed by atoms with Crippen molar-refractivity contribution >= 4 is 37.4 Å². The van der Waals surface area contributed by atoms with Crippen molar-refractivity contribution in [2.45, 2.75) is 0 Å².